The summed E-state index contributed by atoms with van der Waals surface area (Å²) in [4.78, 5) is 0. The van der Waals surface area contributed by atoms with E-state index in [0.29, 0.717) is 0 Å². The van der Waals surface area contributed by atoms with Crippen LogP contribution in [0.2, 0.25) is 0 Å². The standard InChI is InChI=1S/C9H12O2/c1-9(11,7-10)8-5-3-2-4-6-8/h2-6,10-11H,7H2,1H3/p+1. The highest BCUT2D eigenvalue weighted by atomic mass is 16.3. The molecule has 0 aliphatic rings. The Bertz CT molecular complexity index is 216. The summed E-state index contributed by atoms with van der Waals surface area (Å²) >= 11 is 0. The van der Waals surface area contributed by atoms with E-state index >= 15 is 0 Å². The highest BCUT2D eigenvalue weighted by molar-refractivity contribution is 5.21. The van der Waals surface area contributed by atoms with Crippen LogP contribution in [0.15, 0.2) is 30.3 Å². The van der Waals surface area contributed by atoms with Crippen LogP contribution in [0, 0.1) is 0 Å². The molecule has 3 N–H and O–H groups in total. The largest absolute Gasteiger partial charge is 0.436 e. The summed E-state index contributed by atoms with van der Waals surface area (Å²) < 4.78 is 0. The van der Waals surface area contributed by atoms with Crippen LogP contribution < -0.4 is 0 Å². The second kappa shape index (κ2) is 3.03. The molecule has 0 spiro atoms. The lowest BCUT2D eigenvalue weighted by atomic mass is 9.97. The predicted molar refractivity (Wildman–Crippen MR) is 44.5 cm³/mol. The van der Waals surface area contributed by atoms with Crippen molar-refractivity contribution < 1.29 is 10.2 Å². The molecule has 1 rings (SSSR count). The zero-order valence-electron chi connectivity index (χ0n) is 6.54. The molecule has 0 amide bonds. The van der Waals surface area contributed by atoms with Gasteiger partial charge in [-0.15, -0.1) is 0 Å². The highest BCUT2D eigenvalue weighted by Crippen LogP contribution is 2.18. The summed E-state index contributed by atoms with van der Waals surface area (Å²) in [5.74, 6) is 0. The van der Waals surface area contributed by atoms with Crippen molar-refractivity contribution in [3.63, 3.8) is 0 Å². The fourth-order valence-electron chi connectivity index (χ4n) is 0.897. The topological polar surface area (TPSA) is 43.1 Å². The molecular weight excluding hydrogens is 140 g/mol. The summed E-state index contributed by atoms with van der Waals surface area (Å²) in [6, 6.07) is 9.35. The third-order valence-corrected chi connectivity index (χ3v) is 1.73. The molecule has 1 aromatic rings. The molecule has 1 atom stereocenters. The van der Waals surface area contributed by atoms with Crippen molar-refractivity contribution in [2.24, 2.45) is 0 Å². The molecule has 0 aliphatic carbocycles. The van der Waals surface area contributed by atoms with Gasteiger partial charge in [0.25, 0.3) is 0 Å². The van der Waals surface area contributed by atoms with Crippen LogP contribution in [0.3, 0.4) is 0 Å². The van der Waals surface area contributed by atoms with E-state index in [1.54, 1.807) is 6.92 Å². The van der Waals surface area contributed by atoms with E-state index in [4.69, 9.17) is 10.2 Å². The van der Waals surface area contributed by atoms with Crippen molar-refractivity contribution >= 4 is 0 Å². The molecule has 0 heterocycles. The van der Waals surface area contributed by atoms with Gasteiger partial charge in [-0.05, 0) is 0 Å². The Hall–Kier alpha value is -0.860. The van der Waals surface area contributed by atoms with Gasteiger partial charge in [0.2, 0.25) is 5.60 Å². The molecule has 1 unspecified atom stereocenters. The molecular formula is C9H13O2+. The van der Waals surface area contributed by atoms with E-state index in [1.165, 1.54) is 0 Å². The Morgan fingerprint density at radius 1 is 1.36 bits per heavy atom. The Labute approximate surface area is 66.1 Å². The molecule has 0 saturated heterocycles. The maximum absolute atomic E-state index is 8.86. The van der Waals surface area contributed by atoms with E-state index in [0.717, 1.165) is 5.56 Å². The van der Waals surface area contributed by atoms with Crippen LogP contribution >= 0.6 is 0 Å². The van der Waals surface area contributed by atoms with Crippen LogP contribution in [0.25, 0.3) is 0 Å². The molecule has 0 aromatic heterocycles. The van der Waals surface area contributed by atoms with Gasteiger partial charge in [-0.2, -0.15) is 0 Å². The second-order valence-corrected chi connectivity index (χ2v) is 2.86. The zero-order valence-corrected chi connectivity index (χ0v) is 6.54. The van der Waals surface area contributed by atoms with Gasteiger partial charge in [-0.25, -0.2) is 0 Å². The zero-order chi connectivity index (χ0) is 8.32. The van der Waals surface area contributed by atoms with Crippen molar-refractivity contribution in [1.29, 1.82) is 0 Å². The third kappa shape index (κ3) is 1.79. The van der Waals surface area contributed by atoms with E-state index in [9.17, 15) is 0 Å². The minimum atomic E-state index is -0.860. The van der Waals surface area contributed by atoms with E-state index in [2.05, 4.69) is 0 Å². The molecule has 0 bridgehead atoms. The number of aliphatic hydroxyl groups excluding tert-OH is 1. The van der Waals surface area contributed by atoms with Crippen molar-refractivity contribution in [3.05, 3.63) is 35.9 Å². The molecule has 1 aromatic carbocycles. The summed E-state index contributed by atoms with van der Waals surface area (Å²) in [5, 5.41) is 16.5. The van der Waals surface area contributed by atoms with Gasteiger partial charge < -0.3 is 10.2 Å². The monoisotopic (exact) mass is 153 g/mol. The van der Waals surface area contributed by atoms with Gasteiger partial charge in [0.1, 0.15) is 6.61 Å². The number of benzene rings is 1. The van der Waals surface area contributed by atoms with Gasteiger partial charge in [-0.3, -0.25) is 0 Å². The number of hydrogen-bond donors (Lipinski definition) is 1. The Morgan fingerprint density at radius 2 is 1.91 bits per heavy atom. The van der Waals surface area contributed by atoms with Crippen molar-refractivity contribution in [2.45, 2.75) is 12.5 Å². The Morgan fingerprint density at radius 3 is 2.36 bits per heavy atom. The molecule has 0 fully saturated rings. The molecule has 11 heavy (non-hydrogen) atoms. The molecule has 60 valence electrons. The van der Waals surface area contributed by atoms with E-state index in [1.807, 2.05) is 30.3 Å². The van der Waals surface area contributed by atoms with Crippen molar-refractivity contribution in [1.82, 2.24) is 0 Å². The fourth-order valence-corrected chi connectivity index (χ4v) is 0.897. The average Bonchev–Trinajstić information content (AvgIpc) is 2.06. The molecule has 0 aliphatic heterocycles. The van der Waals surface area contributed by atoms with Crippen molar-refractivity contribution in [3.8, 4) is 0 Å². The first-order valence-electron chi connectivity index (χ1n) is 3.58. The van der Waals surface area contributed by atoms with E-state index < -0.39 is 5.60 Å². The van der Waals surface area contributed by atoms with Crippen LogP contribution in [0.5, 0.6) is 0 Å². The lowest BCUT2D eigenvalue weighted by Gasteiger charge is -2.15. The van der Waals surface area contributed by atoms with Crippen LogP contribution in [0.1, 0.15) is 12.5 Å². The van der Waals surface area contributed by atoms with E-state index in [-0.39, 0.29) is 6.61 Å². The van der Waals surface area contributed by atoms with Gasteiger partial charge in [0.15, 0.2) is 0 Å². The van der Waals surface area contributed by atoms with Crippen LogP contribution in [0.4, 0.5) is 0 Å². The second-order valence-electron chi connectivity index (χ2n) is 2.86. The summed E-state index contributed by atoms with van der Waals surface area (Å²) in [7, 11) is 0. The predicted octanol–water partition coefficient (Wildman–Crippen LogP) is 0.619. The first-order chi connectivity index (χ1) is 5.17. The Kier molecular flexibility index (Phi) is 2.27. The van der Waals surface area contributed by atoms with Crippen LogP contribution in [-0.4, -0.2) is 16.8 Å². The fraction of sp³-hybridized carbons (Fsp3) is 0.333. The average molecular weight is 153 g/mol. The molecule has 2 heteroatoms. The summed E-state index contributed by atoms with van der Waals surface area (Å²) in [6.07, 6.45) is 0. The summed E-state index contributed by atoms with van der Waals surface area (Å²) in [5.41, 5.74) is -0.0103. The smallest absolute Gasteiger partial charge is 0.210 e. The van der Waals surface area contributed by atoms with Gasteiger partial charge in [-0.1, -0.05) is 30.3 Å². The Balaban J connectivity index is 2.93. The lowest BCUT2D eigenvalue weighted by molar-refractivity contribution is -0.00228. The molecule has 0 saturated carbocycles. The van der Waals surface area contributed by atoms with Crippen molar-refractivity contribution in [2.75, 3.05) is 6.61 Å². The van der Waals surface area contributed by atoms with Crippen LogP contribution in [-0.2, 0) is 5.60 Å². The number of rotatable bonds is 2. The summed E-state index contributed by atoms with van der Waals surface area (Å²) in [6.45, 7) is 1.55. The quantitative estimate of drug-likeness (QED) is 0.622. The number of hydrogen-bond acceptors (Lipinski definition) is 1. The number of aliphatic hydroxyl groups is 1. The minimum absolute atomic E-state index is 0.142. The van der Waals surface area contributed by atoms with Gasteiger partial charge >= 0.3 is 0 Å². The SMILES string of the molecule is CC([OH2+])(CO)c1ccccc1. The first-order valence-corrected chi connectivity index (χ1v) is 3.58. The van der Waals surface area contributed by atoms with Gasteiger partial charge in [0.05, 0.1) is 0 Å². The lowest BCUT2D eigenvalue weighted by Crippen LogP contribution is -2.25. The highest BCUT2D eigenvalue weighted by Gasteiger charge is 2.26. The minimum Gasteiger partial charge on any atom is -0.436 e. The third-order valence-electron chi connectivity index (χ3n) is 1.73. The van der Waals surface area contributed by atoms with Gasteiger partial charge in [0, 0.05) is 12.5 Å². The maximum Gasteiger partial charge on any atom is 0.210 e. The molecule has 0 radical (unpaired) electrons. The maximum atomic E-state index is 8.86. The normalized spacial score (nSPS) is 15.9. The molecule has 2 nitrogen and oxygen atoms in total. The first kappa shape index (κ1) is 8.24.